The fourth-order valence-corrected chi connectivity index (χ4v) is 1.23. The van der Waals surface area contributed by atoms with Gasteiger partial charge in [0.05, 0.1) is 5.30 Å². The maximum atomic E-state index is 10.4. The van der Waals surface area contributed by atoms with Gasteiger partial charge in [-0.2, -0.15) is 0 Å². The summed E-state index contributed by atoms with van der Waals surface area (Å²) in [4.78, 5) is 0. The molecule has 0 aliphatic carbocycles. The minimum absolute atomic E-state index is 0.197. The maximum absolute atomic E-state index is 10.4. The van der Waals surface area contributed by atoms with E-state index in [1.54, 1.807) is 18.2 Å². The summed E-state index contributed by atoms with van der Waals surface area (Å²) in [7, 11) is -0.197. The number of benzene rings is 1. The third kappa shape index (κ3) is 1.84. The monoisotopic (exact) mass is 170 g/mol. The van der Waals surface area contributed by atoms with Crippen molar-refractivity contribution in [3.05, 3.63) is 29.8 Å². The summed E-state index contributed by atoms with van der Waals surface area (Å²) in [5, 5.41) is 17.9. The molecule has 0 saturated carbocycles. The molecule has 3 nitrogen and oxygen atoms in total. The zero-order valence-electron chi connectivity index (χ0n) is 5.64. The van der Waals surface area contributed by atoms with Crippen LogP contribution in [0.1, 0.15) is 11.9 Å². The molecule has 2 N–H and O–H groups in total. The van der Waals surface area contributed by atoms with Crippen LogP contribution in [0.15, 0.2) is 24.3 Å². The molecule has 0 spiro atoms. The van der Waals surface area contributed by atoms with Gasteiger partial charge in [-0.1, -0.05) is 18.2 Å². The lowest BCUT2D eigenvalue weighted by atomic mass is 10.2. The van der Waals surface area contributed by atoms with Crippen molar-refractivity contribution in [2.75, 3.05) is 0 Å². The van der Waals surface area contributed by atoms with E-state index >= 15 is 0 Å². The van der Waals surface area contributed by atoms with Gasteiger partial charge in [-0.3, -0.25) is 4.57 Å². The van der Waals surface area contributed by atoms with Gasteiger partial charge < -0.3 is 10.2 Å². The van der Waals surface area contributed by atoms with E-state index in [0.717, 1.165) is 0 Å². The van der Waals surface area contributed by atoms with Gasteiger partial charge in [0.15, 0.2) is 14.8 Å². The van der Waals surface area contributed by atoms with Crippen LogP contribution in [0.4, 0.5) is 0 Å². The number of hydrogen-bond donors (Lipinski definition) is 2. The van der Waals surface area contributed by atoms with Gasteiger partial charge >= 0.3 is 0 Å². The first-order valence-corrected chi connectivity index (χ1v) is 3.85. The van der Waals surface area contributed by atoms with Crippen molar-refractivity contribution >= 4 is 13.8 Å². The average molecular weight is 170 g/mol. The zero-order valence-corrected chi connectivity index (χ0v) is 6.53. The Hall–Kier alpha value is -0.760. The molecule has 0 amide bonds. The molecule has 0 aromatic heterocycles. The van der Waals surface area contributed by atoms with Crippen LogP contribution >= 0.6 is 8.46 Å². The number of hydrogen-bond acceptors (Lipinski definition) is 3. The Bertz CT molecular complexity index is 260. The SMILES string of the molecule is O=Pc1ccccc1C(O)O. The molecule has 0 aliphatic rings. The Morgan fingerprint density at radius 2 is 1.91 bits per heavy atom. The predicted octanol–water partition coefficient (Wildman–Crippen LogP) is 0.587. The van der Waals surface area contributed by atoms with Crippen molar-refractivity contribution in [2.45, 2.75) is 6.29 Å². The quantitative estimate of drug-likeness (QED) is 0.504. The fraction of sp³-hybridized carbons (Fsp3) is 0.143. The number of rotatable bonds is 2. The van der Waals surface area contributed by atoms with Crippen LogP contribution < -0.4 is 5.30 Å². The molecule has 1 aromatic carbocycles. The first kappa shape index (κ1) is 8.34. The summed E-state index contributed by atoms with van der Waals surface area (Å²) in [5.41, 5.74) is 0.282. The van der Waals surface area contributed by atoms with Crippen LogP contribution in [-0.4, -0.2) is 10.2 Å². The predicted molar refractivity (Wildman–Crippen MR) is 40.9 cm³/mol. The molecule has 1 aromatic rings. The molecule has 1 rings (SSSR count). The van der Waals surface area contributed by atoms with Crippen molar-refractivity contribution in [2.24, 2.45) is 0 Å². The molecule has 4 heteroatoms. The largest absolute Gasteiger partial charge is 0.364 e. The Morgan fingerprint density at radius 3 is 2.36 bits per heavy atom. The second-order valence-corrected chi connectivity index (χ2v) is 2.69. The van der Waals surface area contributed by atoms with Gasteiger partial charge in [-0.05, 0) is 6.07 Å². The van der Waals surface area contributed by atoms with Gasteiger partial charge in [-0.25, -0.2) is 0 Å². The smallest absolute Gasteiger partial charge is 0.192 e. The third-order valence-electron chi connectivity index (χ3n) is 1.31. The van der Waals surface area contributed by atoms with Crippen LogP contribution in [0.3, 0.4) is 0 Å². The molecule has 0 aliphatic heterocycles. The Labute approximate surface area is 65.5 Å². The summed E-state index contributed by atoms with van der Waals surface area (Å²) in [5.74, 6) is 0. The highest BCUT2D eigenvalue weighted by Crippen LogP contribution is 2.10. The minimum Gasteiger partial charge on any atom is -0.364 e. The first-order valence-electron chi connectivity index (χ1n) is 3.04. The van der Waals surface area contributed by atoms with Crippen LogP contribution in [0.5, 0.6) is 0 Å². The Kier molecular flexibility index (Phi) is 2.71. The Morgan fingerprint density at radius 1 is 1.27 bits per heavy atom. The van der Waals surface area contributed by atoms with Crippen LogP contribution in [0.2, 0.25) is 0 Å². The van der Waals surface area contributed by atoms with E-state index in [1.165, 1.54) is 6.07 Å². The van der Waals surface area contributed by atoms with E-state index in [4.69, 9.17) is 10.2 Å². The molecular formula is C7H7O3P. The van der Waals surface area contributed by atoms with E-state index in [9.17, 15) is 4.57 Å². The second-order valence-electron chi connectivity index (χ2n) is 2.02. The first-order chi connectivity index (χ1) is 5.25. The molecule has 0 unspecified atom stereocenters. The molecular weight excluding hydrogens is 163 g/mol. The lowest BCUT2D eigenvalue weighted by Gasteiger charge is -2.03. The topological polar surface area (TPSA) is 57.5 Å². The Balaban J connectivity index is 3.12. The third-order valence-corrected chi connectivity index (χ3v) is 1.92. The van der Waals surface area contributed by atoms with E-state index in [1.807, 2.05) is 0 Å². The minimum atomic E-state index is -1.55. The molecule has 11 heavy (non-hydrogen) atoms. The average Bonchev–Trinajstić information content (AvgIpc) is 2.04. The van der Waals surface area contributed by atoms with E-state index in [2.05, 4.69) is 0 Å². The highest BCUT2D eigenvalue weighted by atomic mass is 31.1. The number of aliphatic hydroxyl groups excluding tert-OH is 1. The molecule has 0 saturated heterocycles. The van der Waals surface area contributed by atoms with Crippen molar-refractivity contribution in [1.82, 2.24) is 0 Å². The fourth-order valence-electron chi connectivity index (χ4n) is 0.789. The van der Waals surface area contributed by atoms with E-state index < -0.39 is 6.29 Å². The van der Waals surface area contributed by atoms with Crippen molar-refractivity contribution in [3.63, 3.8) is 0 Å². The lowest BCUT2D eigenvalue weighted by molar-refractivity contribution is -0.0416. The molecule has 0 atom stereocenters. The lowest BCUT2D eigenvalue weighted by Crippen LogP contribution is -2.06. The highest BCUT2D eigenvalue weighted by molar-refractivity contribution is 7.34. The van der Waals surface area contributed by atoms with Crippen molar-refractivity contribution in [1.29, 1.82) is 0 Å². The van der Waals surface area contributed by atoms with Crippen molar-refractivity contribution in [3.8, 4) is 0 Å². The number of aliphatic hydroxyl groups is 2. The maximum Gasteiger partial charge on any atom is 0.192 e. The normalized spacial score (nSPS) is 10.8. The summed E-state index contributed by atoms with van der Waals surface area (Å²) in [6.07, 6.45) is -1.55. The summed E-state index contributed by atoms with van der Waals surface area (Å²) >= 11 is 0. The summed E-state index contributed by atoms with van der Waals surface area (Å²) < 4.78 is 10.4. The summed E-state index contributed by atoms with van der Waals surface area (Å²) in [6.45, 7) is 0. The molecule has 0 bridgehead atoms. The summed E-state index contributed by atoms with van der Waals surface area (Å²) in [6, 6.07) is 6.43. The van der Waals surface area contributed by atoms with Crippen LogP contribution in [0.25, 0.3) is 0 Å². The van der Waals surface area contributed by atoms with Gasteiger partial charge in [0.25, 0.3) is 0 Å². The van der Waals surface area contributed by atoms with Gasteiger partial charge in [0.2, 0.25) is 0 Å². The van der Waals surface area contributed by atoms with Crippen LogP contribution in [0, 0.1) is 0 Å². The van der Waals surface area contributed by atoms with E-state index in [0.29, 0.717) is 5.30 Å². The van der Waals surface area contributed by atoms with Gasteiger partial charge in [0.1, 0.15) is 0 Å². The van der Waals surface area contributed by atoms with E-state index in [-0.39, 0.29) is 14.0 Å². The highest BCUT2D eigenvalue weighted by Gasteiger charge is 2.07. The standard InChI is InChI=1S/C7H7O3P/c8-7(9)5-3-1-2-4-6(5)11-10/h1-4,7-9H. The van der Waals surface area contributed by atoms with Crippen molar-refractivity contribution < 1.29 is 14.8 Å². The van der Waals surface area contributed by atoms with Gasteiger partial charge in [-0.15, -0.1) is 0 Å². The molecule has 0 fully saturated rings. The second kappa shape index (κ2) is 3.58. The molecule has 58 valence electrons. The van der Waals surface area contributed by atoms with Crippen LogP contribution in [-0.2, 0) is 4.57 Å². The zero-order chi connectivity index (χ0) is 8.27. The molecule has 0 radical (unpaired) electrons. The molecule has 0 heterocycles. The van der Waals surface area contributed by atoms with Gasteiger partial charge in [0, 0.05) is 5.56 Å².